The molecule has 1 fully saturated rings. The summed E-state index contributed by atoms with van der Waals surface area (Å²) in [5.41, 5.74) is 2.50. The number of likely N-dealkylation sites (tertiary alicyclic amines) is 1. The number of carboxylic acids is 1. The van der Waals surface area contributed by atoms with Gasteiger partial charge in [-0.2, -0.15) is 0 Å². The van der Waals surface area contributed by atoms with E-state index in [0.717, 1.165) is 29.3 Å². The third-order valence-electron chi connectivity index (χ3n) is 8.94. The predicted molar refractivity (Wildman–Crippen MR) is 200 cm³/mol. The number of carbonyl (C=O) groups excluding carboxylic acids is 2. The van der Waals surface area contributed by atoms with Crippen molar-refractivity contribution in [2.45, 2.75) is 63.9 Å². The van der Waals surface area contributed by atoms with Crippen molar-refractivity contribution >= 4 is 40.1 Å². The SMILES string of the molecule is CC(C)(C)OC(=O)N[C@H](c1ccc2ccccc2c1)[C@H](N=C(c1ccccc1)c1ccccc1N=C([O-])[C@@H]1CCCN1Cc1ccccc1)C(=O)[O-].[Ni+2]. The van der Waals surface area contributed by atoms with E-state index in [-0.39, 0.29) is 28.1 Å². The van der Waals surface area contributed by atoms with E-state index in [1.165, 1.54) is 0 Å². The number of aliphatic carboxylic acids is 1. The van der Waals surface area contributed by atoms with Crippen molar-refractivity contribution in [3.05, 3.63) is 150 Å². The summed E-state index contributed by atoms with van der Waals surface area (Å²) in [6, 6.07) is 36.2. The normalized spacial score (nSPS) is 16.4. The van der Waals surface area contributed by atoms with E-state index in [1.54, 1.807) is 51.1 Å². The molecule has 0 aromatic heterocycles. The Balaban J connectivity index is 0.00000541. The zero-order chi connectivity index (χ0) is 36.7. The fourth-order valence-electron chi connectivity index (χ4n) is 6.56. The molecule has 9 nitrogen and oxygen atoms in total. The maximum Gasteiger partial charge on any atom is 2.00 e. The fourth-order valence-corrected chi connectivity index (χ4v) is 6.56. The number of aliphatic imine (C=N–C) groups is 2. The second-order valence-corrected chi connectivity index (χ2v) is 13.9. The first-order valence-electron chi connectivity index (χ1n) is 17.5. The van der Waals surface area contributed by atoms with Gasteiger partial charge in [-0.15, -0.1) is 0 Å². The Labute approximate surface area is 320 Å². The molecule has 1 amide bonds. The van der Waals surface area contributed by atoms with E-state index in [0.29, 0.717) is 35.3 Å². The molecule has 0 aliphatic carbocycles. The van der Waals surface area contributed by atoms with Gasteiger partial charge in [0.25, 0.3) is 0 Å². The molecule has 1 aliphatic rings. The number of ether oxygens (including phenoxy) is 1. The Bertz CT molecular complexity index is 2080. The largest absolute Gasteiger partial charge is 2.00 e. The van der Waals surface area contributed by atoms with Gasteiger partial charge in [0, 0.05) is 23.7 Å². The average molecular weight is 754 g/mol. The van der Waals surface area contributed by atoms with Gasteiger partial charge in [0.1, 0.15) is 11.6 Å². The molecule has 274 valence electrons. The maximum atomic E-state index is 13.9. The molecule has 0 unspecified atom stereocenters. The molecule has 0 spiro atoms. The van der Waals surface area contributed by atoms with Gasteiger partial charge in [-0.1, -0.05) is 115 Å². The van der Waals surface area contributed by atoms with Gasteiger partial charge in [0.15, 0.2) is 0 Å². The summed E-state index contributed by atoms with van der Waals surface area (Å²) in [6.45, 7) is 6.61. The topological polar surface area (TPSA) is 129 Å². The molecule has 1 saturated heterocycles. The van der Waals surface area contributed by atoms with Crippen molar-refractivity contribution in [2.75, 3.05) is 6.54 Å². The van der Waals surface area contributed by atoms with Crippen molar-refractivity contribution in [1.29, 1.82) is 0 Å². The zero-order valence-electron chi connectivity index (χ0n) is 29.9. The predicted octanol–water partition coefficient (Wildman–Crippen LogP) is 6.11. The van der Waals surface area contributed by atoms with Crippen LogP contribution in [-0.2, 0) is 32.6 Å². The van der Waals surface area contributed by atoms with E-state index in [9.17, 15) is 19.8 Å². The first kappa shape index (κ1) is 38.9. The molecule has 0 radical (unpaired) electrons. The summed E-state index contributed by atoms with van der Waals surface area (Å²) < 4.78 is 5.57. The minimum Gasteiger partial charge on any atom is -0.861 e. The van der Waals surface area contributed by atoms with E-state index in [4.69, 9.17) is 9.73 Å². The van der Waals surface area contributed by atoms with Gasteiger partial charge >= 0.3 is 22.6 Å². The summed E-state index contributed by atoms with van der Waals surface area (Å²) in [4.78, 5) is 38.1. The Hall–Kier alpha value is -5.31. The molecule has 5 aromatic rings. The molecule has 1 N–H and O–H groups in total. The number of fused-ring (bicyclic) bond motifs is 1. The molecule has 0 saturated carbocycles. The van der Waals surface area contributed by atoms with Crippen molar-refractivity contribution < 1.29 is 41.0 Å². The Morgan fingerprint density at radius 1 is 0.849 bits per heavy atom. The standard InChI is InChI=1S/C43H44N4O5.Ni/c1-43(2,3)52-42(51)46-38(33-25-24-30-17-10-11-20-32(30)27-33)39(41(49)50)45-37(31-18-8-5-9-19-31)34-21-12-13-22-35(34)44-40(48)36-23-14-26-47(36)28-29-15-6-4-7-16-29;/h4-13,15-22,24-25,27,36,38-39H,14,23,26,28H2,1-3H3,(H,44,48)(H,46,51)(H,49,50);/q;+2/p-2/t36-,38+,39-;/m0./s1. The van der Waals surface area contributed by atoms with Crippen molar-refractivity contribution in [1.82, 2.24) is 10.2 Å². The van der Waals surface area contributed by atoms with Crippen molar-refractivity contribution in [3.8, 4) is 0 Å². The van der Waals surface area contributed by atoms with Crippen LogP contribution in [0.5, 0.6) is 0 Å². The van der Waals surface area contributed by atoms with Gasteiger partial charge in [-0.05, 0) is 80.1 Å². The monoisotopic (exact) mass is 752 g/mol. The van der Waals surface area contributed by atoms with Crippen LogP contribution >= 0.6 is 0 Å². The first-order chi connectivity index (χ1) is 25.1. The van der Waals surface area contributed by atoms with Gasteiger partial charge in [-0.25, -0.2) is 4.79 Å². The second kappa shape index (κ2) is 17.5. The van der Waals surface area contributed by atoms with E-state index in [2.05, 4.69) is 15.2 Å². The molecular weight excluding hydrogens is 711 g/mol. The van der Waals surface area contributed by atoms with E-state index < -0.39 is 35.8 Å². The summed E-state index contributed by atoms with van der Waals surface area (Å²) in [5, 5.41) is 31.6. The number of nitrogens with one attached hydrogen (secondary N) is 1. The van der Waals surface area contributed by atoms with Gasteiger partial charge < -0.3 is 25.1 Å². The van der Waals surface area contributed by atoms with Crippen LogP contribution in [0.2, 0.25) is 0 Å². The minimum atomic E-state index is -1.61. The van der Waals surface area contributed by atoms with Gasteiger partial charge in [0.05, 0.1) is 23.4 Å². The number of benzene rings is 5. The van der Waals surface area contributed by atoms with Crippen LogP contribution in [0.25, 0.3) is 10.8 Å². The number of amides is 1. The number of rotatable bonds is 11. The van der Waals surface area contributed by atoms with Crippen molar-refractivity contribution in [2.24, 2.45) is 9.98 Å². The smallest absolute Gasteiger partial charge is 0.861 e. The fraction of sp³-hybridized carbons (Fsp3) is 0.256. The molecule has 1 aliphatic heterocycles. The second-order valence-electron chi connectivity index (χ2n) is 13.9. The molecule has 53 heavy (non-hydrogen) atoms. The summed E-state index contributed by atoms with van der Waals surface area (Å²) in [5.74, 6) is -1.78. The first-order valence-corrected chi connectivity index (χ1v) is 17.5. The summed E-state index contributed by atoms with van der Waals surface area (Å²) in [7, 11) is 0. The Kier molecular flexibility index (Phi) is 12.8. The van der Waals surface area contributed by atoms with Crippen LogP contribution in [-0.4, -0.2) is 52.8 Å². The number of hydrogen-bond acceptors (Lipinski definition) is 8. The van der Waals surface area contributed by atoms with Crippen molar-refractivity contribution in [3.63, 3.8) is 0 Å². The summed E-state index contributed by atoms with van der Waals surface area (Å²) in [6.07, 6.45) is 0.768. The van der Waals surface area contributed by atoms with E-state index >= 15 is 0 Å². The molecule has 10 heteroatoms. The van der Waals surface area contributed by atoms with Gasteiger partial charge in [-0.3, -0.25) is 14.9 Å². The Morgan fingerprint density at radius 3 is 2.19 bits per heavy atom. The number of nitrogens with zero attached hydrogens (tertiary/aromatic N) is 3. The van der Waals surface area contributed by atoms with Crippen LogP contribution in [0.1, 0.15) is 61.9 Å². The van der Waals surface area contributed by atoms with Crippen LogP contribution < -0.4 is 15.5 Å². The van der Waals surface area contributed by atoms with Crippen LogP contribution in [0.4, 0.5) is 10.5 Å². The summed E-state index contributed by atoms with van der Waals surface area (Å²) >= 11 is 0. The third kappa shape index (κ3) is 9.98. The number of carbonyl (C=O) groups is 2. The molecular formula is C43H42N4NiO5. The average Bonchev–Trinajstić information content (AvgIpc) is 3.60. The maximum absolute atomic E-state index is 13.9. The number of hydrogen-bond donors (Lipinski definition) is 1. The molecule has 0 bridgehead atoms. The minimum absolute atomic E-state index is 0. The zero-order valence-corrected chi connectivity index (χ0v) is 30.9. The Morgan fingerprint density at radius 2 is 1.49 bits per heavy atom. The molecule has 5 aromatic carbocycles. The van der Waals surface area contributed by atoms with Crippen LogP contribution in [0.15, 0.2) is 137 Å². The van der Waals surface area contributed by atoms with Crippen LogP contribution in [0.3, 0.4) is 0 Å². The quantitative estimate of drug-likeness (QED) is 0.0985. The molecule has 3 atom stereocenters. The van der Waals surface area contributed by atoms with Crippen LogP contribution in [0, 0.1) is 0 Å². The number of para-hydroxylation sites is 1. The van der Waals surface area contributed by atoms with Gasteiger partial charge in [0.2, 0.25) is 0 Å². The molecule has 6 rings (SSSR count). The van der Waals surface area contributed by atoms with E-state index in [1.807, 2.05) is 97.1 Å². The number of alkyl carbamates (subject to hydrolysis) is 1. The molecule has 1 heterocycles. The third-order valence-corrected chi connectivity index (χ3v) is 8.94. The number of carboxylic acid groups (broad SMARTS) is 1.